The minimum atomic E-state index is -1.71. The summed E-state index contributed by atoms with van der Waals surface area (Å²) in [6.45, 7) is 11.1. The van der Waals surface area contributed by atoms with Gasteiger partial charge in [-0.15, -0.1) is 0 Å². The Balaban J connectivity index is 2.72. The smallest absolute Gasteiger partial charge is 0.245 e. The van der Waals surface area contributed by atoms with Gasteiger partial charge in [-0.05, 0) is 134 Å². The van der Waals surface area contributed by atoms with Gasteiger partial charge in [0.05, 0.1) is 18.8 Å². The van der Waals surface area contributed by atoms with E-state index in [1.54, 1.807) is 45.0 Å². The van der Waals surface area contributed by atoms with E-state index in [9.17, 15) is 63.0 Å². The number of carbonyl (C=O) groups excluding carboxylic acids is 11. The molecule has 1 heterocycles. The molecule has 0 radical (unpaired) electrons. The molecule has 1 aromatic carbocycles. The summed E-state index contributed by atoms with van der Waals surface area (Å²) in [5.74, 6) is -9.06. The fourth-order valence-corrected chi connectivity index (χ4v) is 9.39. The third-order valence-corrected chi connectivity index (χ3v) is 14.6. The number of carbonyl (C=O) groups is 11. The van der Waals surface area contributed by atoms with E-state index >= 15 is 0 Å². The van der Waals surface area contributed by atoms with Crippen molar-refractivity contribution in [2.45, 2.75) is 205 Å². The van der Waals surface area contributed by atoms with Crippen molar-refractivity contribution in [3.63, 3.8) is 0 Å². The zero-order valence-corrected chi connectivity index (χ0v) is 52.2. The molecule has 23 N–H and O–H groups in total. The Hall–Kier alpha value is -7.09. The van der Waals surface area contributed by atoms with Crippen molar-refractivity contribution in [1.82, 2.24) is 58.5 Å². The minimum absolute atomic E-state index is 0.0212. The highest BCUT2D eigenvalue weighted by Gasteiger charge is 2.38. The molecular formula is C58H102N16O14. The lowest BCUT2D eigenvalue weighted by Gasteiger charge is -2.29. The van der Waals surface area contributed by atoms with E-state index in [1.165, 1.54) is 13.8 Å². The number of ether oxygens (including phenoxy) is 1. The molecule has 1 saturated heterocycles. The molecule has 11 amide bonds. The summed E-state index contributed by atoms with van der Waals surface area (Å²) in [5, 5.41) is 49.8. The number of rotatable bonds is 31. The van der Waals surface area contributed by atoms with E-state index in [0.29, 0.717) is 30.3 Å². The topological polar surface area (TPSA) is 500 Å². The Kier molecular flexibility index (Phi) is 36.0. The Morgan fingerprint density at radius 3 is 1.58 bits per heavy atom. The maximum atomic E-state index is 14.6. The Morgan fingerprint density at radius 1 is 0.580 bits per heavy atom. The van der Waals surface area contributed by atoms with Gasteiger partial charge in [0, 0.05) is 19.4 Å². The van der Waals surface area contributed by atoms with Gasteiger partial charge in [0.25, 0.3) is 0 Å². The molecular weight excluding hydrogens is 1140 g/mol. The van der Waals surface area contributed by atoms with Crippen LogP contribution >= 0.6 is 0 Å². The zero-order valence-electron chi connectivity index (χ0n) is 52.2. The normalized spacial score (nSPS) is 22.5. The van der Waals surface area contributed by atoms with Crippen LogP contribution < -0.4 is 91.9 Å². The SMILES string of the molecule is CCOc1ccc(C[C@H]2NC(=O)[C@H](CCN)NC(=O)[C@@H](NC(=O)[C@H](CCN)NC(=O)[C@@H](NC(=O)[C@H](CCN)NC(=O)CCCC[C@@H](C)CC)[C@@H](C)O)CCNC(=O)[C@H]([C@@H](C)O)NC(=O)[C@H](CCN)NC(=O)[C@H](CCN)NC(=O)[C@H](CC(C)C)NC2=O)cc1. The standard InChI is InChI=1S/C58H102N16O14/c1-8-33(5)12-10-11-13-46(77)65-38(18-24-59)53(82)74-48(35(7)76)58(87)70-41(21-27-62)50(79)69-43-23-29-64-57(86)47(34(6)75)73-54(83)42(22-28-63)67-49(78)39(19-25-60)68-55(84)44(30-32(3)4)71-56(85)45(31-36-14-16-37(17-15-36)88-9-2)72-51(80)40(20-26-61)66-52(43)81/h14-17,32-35,38-45,47-48,75-76H,8-13,18-31,59-63H2,1-7H3,(H,64,86)(H,65,77)(H,66,81)(H,67,78)(H,68,84)(H,69,79)(H,70,87)(H,71,85)(H,72,80)(H,73,83)(H,74,82)/t33-,34+,35+,38-,39-,40-,41-,42-,43-,44-,45+,47-,48-/m0/s1. The largest absolute Gasteiger partial charge is 0.494 e. The van der Waals surface area contributed by atoms with Gasteiger partial charge >= 0.3 is 0 Å². The van der Waals surface area contributed by atoms with Crippen molar-refractivity contribution >= 4 is 65.0 Å². The monoisotopic (exact) mass is 1250 g/mol. The number of aliphatic hydroxyl groups is 2. The molecule has 30 heteroatoms. The lowest BCUT2D eigenvalue weighted by molar-refractivity contribution is -0.137. The quantitative estimate of drug-likeness (QED) is 0.0310. The first kappa shape index (κ1) is 77.0. The first-order chi connectivity index (χ1) is 41.8. The molecule has 13 atom stereocenters. The Bertz CT molecular complexity index is 2400. The van der Waals surface area contributed by atoms with E-state index in [1.807, 2.05) is 0 Å². The molecule has 0 spiro atoms. The first-order valence-electron chi connectivity index (χ1n) is 30.7. The van der Waals surface area contributed by atoms with Gasteiger partial charge in [0.1, 0.15) is 66.2 Å². The minimum Gasteiger partial charge on any atom is -0.494 e. The maximum Gasteiger partial charge on any atom is 0.245 e. The van der Waals surface area contributed by atoms with Crippen LogP contribution in [0.5, 0.6) is 5.75 Å². The predicted octanol–water partition coefficient (Wildman–Crippen LogP) is -4.85. The van der Waals surface area contributed by atoms with E-state index in [4.69, 9.17) is 33.4 Å². The Labute approximate surface area is 516 Å². The number of hydrogen-bond donors (Lipinski definition) is 18. The van der Waals surface area contributed by atoms with Crippen LogP contribution in [-0.4, -0.2) is 194 Å². The van der Waals surface area contributed by atoms with Crippen molar-refractivity contribution in [2.75, 3.05) is 45.9 Å². The highest BCUT2D eigenvalue weighted by atomic mass is 16.5. The van der Waals surface area contributed by atoms with Gasteiger partial charge in [-0.25, -0.2) is 0 Å². The fourth-order valence-electron chi connectivity index (χ4n) is 9.39. The van der Waals surface area contributed by atoms with Gasteiger partial charge in [0.2, 0.25) is 65.0 Å². The second-order valence-electron chi connectivity index (χ2n) is 22.6. The summed E-state index contributed by atoms with van der Waals surface area (Å²) < 4.78 is 5.58. The predicted molar refractivity (Wildman–Crippen MR) is 327 cm³/mol. The molecule has 0 bridgehead atoms. The fraction of sp³-hybridized carbons (Fsp3) is 0.707. The van der Waals surface area contributed by atoms with Gasteiger partial charge in [-0.3, -0.25) is 52.7 Å². The van der Waals surface area contributed by atoms with Crippen LogP contribution in [0.15, 0.2) is 24.3 Å². The van der Waals surface area contributed by atoms with Gasteiger partial charge < -0.3 is 102 Å². The number of nitrogens with one attached hydrogen (secondary N) is 11. The van der Waals surface area contributed by atoms with Gasteiger partial charge in [-0.1, -0.05) is 59.1 Å². The summed E-state index contributed by atoms with van der Waals surface area (Å²) in [5.41, 5.74) is 30.0. The lowest BCUT2D eigenvalue weighted by atomic mass is 10.00. The molecule has 0 unspecified atom stereocenters. The van der Waals surface area contributed by atoms with Crippen LogP contribution in [-0.2, 0) is 59.2 Å². The van der Waals surface area contributed by atoms with Crippen LogP contribution in [0.2, 0.25) is 0 Å². The number of hydrogen-bond acceptors (Lipinski definition) is 19. The van der Waals surface area contributed by atoms with Crippen molar-refractivity contribution in [1.29, 1.82) is 0 Å². The van der Waals surface area contributed by atoms with E-state index in [0.717, 1.165) is 19.3 Å². The highest BCUT2D eigenvalue weighted by Crippen LogP contribution is 2.16. The summed E-state index contributed by atoms with van der Waals surface area (Å²) in [4.78, 5) is 154. The molecule has 1 aromatic rings. The van der Waals surface area contributed by atoms with Crippen molar-refractivity contribution < 1.29 is 67.7 Å². The molecule has 88 heavy (non-hydrogen) atoms. The van der Waals surface area contributed by atoms with Crippen LogP contribution in [0.3, 0.4) is 0 Å². The summed E-state index contributed by atoms with van der Waals surface area (Å²) in [6, 6.07) is -8.31. The molecule has 1 aliphatic heterocycles. The molecule has 0 aliphatic carbocycles. The highest BCUT2D eigenvalue weighted by molar-refractivity contribution is 5.99. The molecule has 30 nitrogen and oxygen atoms in total. The molecule has 0 saturated carbocycles. The third kappa shape index (κ3) is 27.5. The third-order valence-electron chi connectivity index (χ3n) is 14.6. The number of aliphatic hydroxyl groups excluding tert-OH is 2. The van der Waals surface area contributed by atoms with Crippen LogP contribution in [0.25, 0.3) is 0 Å². The number of unbranched alkanes of at least 4 members (excludes halogenated alkanes) is 1. The summed E-state index contributed by atoms with van der Waals surface area (Å²) in [6.07, 6.45) is -1.20. The number of benzene rings is 1. The van der Waals surface area contributed by atoms with Crippen LogP contribution in [0.1, 0.15) is 131 Å². The molecule has 1 aliphatic rings. The Morgan fingerprint density at radius 2 is 1.08 bits per heavy atom. The molecule has 2 rings (SSSR count). The maximum absolute atomic E-state index is 14.6. The van der Waals surface area contributed by atoms with Crippen molar-refractivity contribution in [3.05, 3.63) is 29.8 Å². The van der Waals surface area contributed by atoms with Crippen molar-refractivity contribution in [2.24, 2.45) is 40.5 Å². The lowest BCUT2D eigenvalue weighted by Crippen LogP contribution is -2.62. The number of nitrogens with two attached hydrogens (primary N) is 5. The average molecular weight is 1250 g/mol. The second-order valence-corrected chi connectivity index (χ2v) is 22.6. The number of amides is 11. The second kappa shape index (κ2) is 41.2. The van der Waals surface area contributed by atoms with Crippen LogP contribution in [0, 0.1) is 11.8 Å². The first-order valence-corrected chi connectivity index (χ1v) is 30.7. The van der Waals surface area contributed by atoms with E-state index in [2.05, 4.69) is 72.3 Å². The molecule has 1 fully saturated rings. The van der Waals surface area contributed by atoms with Crippen LogP contribution in [0.4, 0.5) is 0 Å². The zero-order chi connectivity index (χ0) is 66.0. The summed E-state index contributed by atoms with van der Waals surface area (Å²) >= 11 is 0. The van der Waals surface area contributed by atoms with E-state index in [-0.39, 0.29) is 90.0 Å². The summed E-state index contributed by atoms with van der Waals surface area (Å²) in [7, 11) is 0. The van der Waals surface area contributed by atoms with Crippen molar-refractivity contribution in [3.8, 4) is 5.75 Å². The molecule has 498 valence electrons. The molecule has 0 aromatic heterocycles. The van der Waals surface area contributed by atoms with E-state index < -0.39 is 151 Å². The van der Waals surface area contributed by atoms with Gasteiger partial charge in [0.15, 0.2) is 0 Å². The average Bonchev–Trinajstić information content (AvgIpc) is 2.19. The van der Waals surface area contributed by atoms with Gasteiger partial charge in [-0.2, -0.15) is 0 Å².